The molecule has 0 amide bonds. The van der Waals surface area contributed by atoms with E-state index in [1.54, 1.807) is 6.92 Å². The van der Waals surface area contributed by atoms with Crippen molar-refractivity contribution in [2.75, 3.05) is 6.61 Å². The molecule has 0 spiro atoms. The Labute approximate surface area is 74.2 Å². The van der Waals surface area contributed by atoms with Crippen molar-refractivity contribution in [2.24, 2.45) is 0 Å². The minimum Gasteiger partial charge on any atom is -0.465 e. The summed E-state index contributed by atoms with van der Waals surface area (Å²) in [4.78, 5) is 21.9. The number of carbonyl (C=O) groups is 2. The van der Waals surface area contributed by atoms with E-state index in [4.69, 9.17) is 0 Å². The fourth-order valence-electron chi connectivity index (χ4n) is 0.410. The van der Waals surface area contributed by atoms with Gasteiger partial charge in [-0.2, -0.15) is 0 Å². The van der Waals surface area contributed by atoms with Crippen LogP contribution < -0.4 is 0 Å². The number of halogens is 1. The lowest BCUT2D eigenvalue weighted by Gasteiger charge is -2.15. The van der Waals surface area contributed by atoms with E-state index >= 15 is 0 Å². The molecule has 3 nitrogen and oxygen atoms in total. The van der Waals surface area contributed by atoms with Gasteiger partial charge in [0.1, 0.15) is 0 Å². The first-order valence-electron chi connectivity index (χ1n) is 3.30. The average Bonchev–Trinajstić information content (AvgIpc) is 1.88. The first-order valence-corrected chi connectivity index (χ1v) is 4.09. The molecule has 0 aliphatic rings. The molecule has 0 aliphatic carbocycles. The smallest absolute Gasteiger partial charge is 0.330 e. The molecule has 64 valence electrons. The van der Waals surface area contributed by atoms with Crippen molar-refractivity contribution < 1.29 is 14.3 Å². The molecule has 0 saturated carbocycles. The molecule has 0 bridgehead atoms. The predicted molar refractivity (Wildman–Crippen MR) is 44.6 cm³/mol. The van der Waals surface area contributed by atoms with E-state index in [1.807, 2.05) is 0 Å². The first-order chi connectivity index (χ1) is 4.92. The highest BCUT2D eigenvalue weighted by Gasteiger charge is 2.36. The van der Waals surface area contributed by atoms with Crippen molar-refractivity contribution >= 4 is 27.7 Å². The van der Waals surface area contributed by atoms with E-state index in [1.165, 1.54) is 13.8 Å². The summed E-state index contributed by atoms with van der Waals surface area (Å²) in [5, 5.41) is 0. The van der Waals surface area contributed by atoms with Gasteiger partial charge in [-0.15, -0.1) is 0 Å². The minimum absolute atomic E-state index is 0.254. The molecule has 0 aromatic carbocycles. The van der Waals surface area contributed by atoms with Crippen molar-refractivity contribution in [3.63, 3.8) is 0 Å². The summed E-state index contributed by atoms with van der Waals surface area (Å²) in [7, 11) is 0. The zero-order valence-electron chi connectivity index (χ0n) is 6.81. The van der Waals surface area contributed by atoms with E-state index in [0.717, 1.165) is 0 Å². The van der Waals surface area contributed by atoms with Gasteiger partial charge in [0.25, 0.3) is 0 Å². The van der Waals surface area contributed by atoms with Gasteiger partial charge in [0, 0.05) is 0 Å². The highest BCUT2D eigenvalue weighted by molar-refractivity contribution is 9.10. The number of Topliss-reactive ketones (excluding diaryl/α,β-unsaturated/α-hetero) is 1. The van der Waals surface area contributed by atoms with Crippen LogP contribution in [-0.4, -0.2) is 22.7 Å². The van der Waals surface area contributed by atoms with Crippen molar-refractivity contribution in [2.45, 2.75) is 25.1 Å². The average molecular weight is 223 g/mol. The summed E-state index contributed by atoms with van der Waals surface area (Å²) < 4.78 is 3.48. The SMILES string of the molecule is CCOC(=O)[C@](C)(Br)C(C)=O. The number of ketones is 1. The Bertz CT molecular complexity index is 175. The van der Waals surface area contributed by atoms with Crippen LogP contribution in [0, 0.1) is 0 Å². The van der Waals surface area contributed by atoms with Crippen LogP contribution in [0.4, 0.5) is 0 Å². The maximum atomic E-state index is 11.0. The second kappa shape index (κ2) is 3.85. The van der Waals surface area contributed by atoms with Crippen LogP contribution in [0.1, 0.15) is 20.8 Å². The Morgan fingerprint density at radius 2 is 2.00 bits per heavy atom. The van der Waals surface area contributed by atoms with Crippen LogP contribution >= 0.6 is 15.9 Å². The molecule has 0 fully saturated rings. The molecule has 0 aromatic rings. The van der Waals surface area contributed by atoms with E-state index in [-0.39, 0.29) is 12.4 Å². The Morgan fingerprint density at radius 1 is 1.55 bits per heavy atom. The lowest BCUT2D eigenvalue weighted by Crippen LogP contribution is -2.37. The van der Waals surface area contributed by atoms with Crippen molar-refractivity contribution in [1.29, 1.82) is 0 Å². The quantitative estimate of drug-likeness (QED) is 0.411. The molecule has 0 rings (SSSR count). The summed E-state index contributed by atoms with van der Waals surface area (Å²) in [6.07, 6.45) is 0. The van der Waals surface area contributed by atoms with Crippen LogP contribution in [-0.2, 0) is 14.3 Å². The molecule has 0 unspecified atom stereocenters. The highest BCUT2D eigenvalue weighted by atomic mass is 79.9. The van der Waals surface area contributed by atoms with Crippen LogP contribution in [0.2, 0.25) is 0 Å². The fraction of sp³-hybridized carbons (Fsp3) is 0.714. The monoisotopic (exact) mass is 222 g/mol. The molecule has 0 radical (unpaired) electrons. The third-order valence-corrected chi connectivity index (χ3v) is 2.20. The minimum atomic E-state index is -1.18. The van der Waals surface area contributed by atoms with E-state index in [0.29, 0.717) is 0 Å². The zero-order chi connectivity index (χ0) is 9.07. The number of esters is 1. The van der Waals surface area contributed by atoms with Crippen LogP contribution in [0.25, 0.3) is 0 Å². The standard InChI is InChI=1S/C7H11BrO3/c1-4-11-6(10)7(3,8)5(2)9/h4H2,1-3H3/t7-/m1/s1. The molecule has 0 heterocycles. The Kier molecular flexibility index (Phi) is 3.72. The Morgan fingerprint density at radius 3 is 2.27 bits per heavy atom. The van der Waals surface area contributed by atoms with Gasteiger partial charge in [-0.05, 0) is 20.8 Å². The Balaban J connectivity index is 4.30. The third-order valence-electron chi connectivity index (χ3n) is 1.32. The molecular formula is C7H11BrO3. The Hall–Kier alpha value is -0.380. The van der Waals surface area contributed by atoms with Crippen LogP contribution in [0.3, 0.4) is 0 Å². The number of hydrogen-bond acceptors (Lipinski definition) is 3. The third kappa shape index (κ3) is 2.61. The molecule has 1 atom stereocenters. The van der Waals surface area contributed by atoms with Crippen molar-refractivity contribution in [3.8, 4) is 0 Å². The number of alkyl halides is 1. The summed E-state index contributed by atoms with van der Waals surface area (Å²) in [6.45, 7) is 4.80. The van der Waals surface area contributed by atoms with Gasteiger partial charge < -0.3 is 4.74 Å². The van der Waals surface area contributed by atoms with Gasteiger partial charge in [0.15, 0.2) is 10.1 Å². The molecule has 11 heavy (non-hydrogen) atoms. The molecule has 4 heteroatoms. The lowest BCUT2D eigenvalue weighted by atomic mass is 10.1. The van der Waals surface area contributed by atoms with Gasteiger partial charge >= 0.3 is 5.97 Å². The maximum absolute atomic E-state index is 11.0. The van der Waals surface area contributed by atoms with Crippen molar-refractivity contribution in [1.82, 2.24) is 0 Å². The predicted octanol–water partition coefficient (Wildman–Crippen LogP) is 1.29. The van der Waals surface area contributed by atoms with Gasteiger partial charge in [-0.1, -0.05) is 15.9 Å². The summed E-state index contributed by atoms with van der Waals surface area (Å²) >= 11 is 2.99. The first kappa shape index (κ1) is 10.6. The van der Waals surface area contributed by atoms with E-state index in [9.17, 15) is 9.59 Å². The topological polar surface area (TPSA) is 43.4 Å². The van der Waals surface area contributed by atoms with Gasteiger partial charge in [-0.3, -0.25) is 9.59 Å². The highest BCUT2D eigenvalue weighted by Crippen LogP contribution is 2.19. The van der Waals surface area contributed by atoms with E-state index in [2.05, 4.69) is 20.7 Å². The van der Waals surface area contributed by atoms with Crippen LogP contribution in [0.15, 0.2) is 0 Å². The maximum Gasteiger partial charge on any atom is 0.330 e. The molecule has 0 N–H and O–H groups in total. The van der Waals surface area contributed by atoms with Crippen LogP contribution in [0.5, 0.6) is 0 Å². The lowest BCUT2D eigenvalue weighted by molar-refractivity contribution is -0.147. The zero-order valence-corrected chi connectivity index (χ0v) is 8.40. The second-order valence-corrected chi connectivity index (χ2v) is 3.87. The summed E-state index contributed by atoms with van der Waals surface area (Å²) in [5.41, 5.74) is 0. The number of rotatable bonds is 3. The van der Waals surface area contributed by atoms with Gasteiger partial charge in [0.2, 0.25) is 0 Å². The second-order valence-electron chi connectivity index (χ2n) is 2.28. The molecule has 0 aromatic heterocycles. The molecule has 0 aliphatic heterocycles. The van der Waals surface area contributed by atoms with Crippen molar-refractivity contribution in [3.05, 3.63) is 0 Å². The number of ether oxygens (including phenoxy) is 1. The number of carbonyl (C=O) groups excluding carboxylic acids is 2. The summed E-state index contributed by atoms with van der Waals surface area (Å²) in [6, 6.07) is 0. The van der Waals surface area contributed by atoms with Gasteiger partial charge in [-0.25, -0.2) is 0 Å². The normalized spacial score (nSPS) is 15.3. The largest absolute Gasteiger partial charge is 0.465 e. The summed E-state index contributed by atoms with van der Waals surface area (Å²) in [5.74, 6) is -0.788. The van der Waals surface area contributed by atoms with Gasteiger partial charge in [0.05, 0.1) is 6.61 Å². The fourth-order valence-corrected chi connectivity index (χ4v) is 0.525. The number of hydrogen-bond donors (Lipinski definition) is 0. The molecule has 0 saturated heterocycles. The van der Waals surface area contributed by atoms with E-state index < -0.39 is 10.3 Å². The molecular weight excluding hydrogens is 212 g/mol.